The van der Waals surface area contributed by atoms with Crippen molar-refractivity contribution in [1.82, 2.24) is 9.62 Å². The van der Waals surface area contributed by atoms with Crippen LogP contribution in [-0.4, -0.2) is 32.9 Å². The Balaban J connectivity index is 2.06. The molecule has 1 aliphatic rings. The fraction of sp³-hybridized carbons (Fsp3) is 0.571. The molecular weight excluding hydrogens is 274 g/mol. The molecule has 5 nitrogen and oxygen atoms in total. The molecule has 112 valence electrons. The summed E-state index contributed by atoms with van der Waals surface area (Å²) in [6, 6.07) is 7.48. The zero-order chi connectivity index (χ0) is 14.6. The third-order valence-electron chi connectivity index (χ3n) is 3.64. The van der Waals surface area contributed by atoms with Crippen LogP contribution in [0.2, 0.25) is 0 Å². The Bertz CT molecular complexity index is 537. The Morgan fingerprint density at radius 2 is 2.00 bits per heavy atom. The van der Waals surface area contributed by atoms with Crippen molar-refractivity contribution in [2.75, 3.05) is 24.9 Å². The number of nitrogens with zero attached hydrogens (tertiary/aromatic N) is 1. The summed E-state index contributed by atoms with van der Waals surface area (Å²) in [5.74, 6) is 0.611. The fourth-order valence-electron chi connectivity index (χ4n) is 2.39. The molecule has 0 unspecified atom stereocenters. The Labute approximate surface area is 121 Å². The molecule has 0 bridgehead atoms. The molecule has 0 atom stereocenters. The molecule has 0 saturated carbocycles. The molecule has 6 heteroatoms. The Kier molecular flexibility index (Phi) is 5.01. The quantitative estimate of drug-likeness (QED) is 0.871. The number of anilines is 1. The third-order valence-corrected chi connectivity index (χ3v) is 5.18. The van der Waals surface area contributed by atoms with Crippen molar-refractivity contribution in [2.24, 2.45) is 5.92 Å². The number of hydrogen-bond acceptors (Lipinski definition) is 3. The molecule has 1 heterocycles. The molecule has 2 rings (SSSR count). The highest BCUT2D eigenvalue weighted by Crippen LogP contribution is 2.20. The van der Waals surface area contributed by atoms with E-state index in [1.807, 2.05) is 25.2 Å². The second kappa shape index (κ2) is 6.56. The van der Waals surface area contributed by atoms with E-state index in [0.29, 0.717) is 24.7 Å². The van der Waals surface area contributed by atoms with Crippen LogP contribution in [0.4, 0.5) is 5.69 Å². The van der Waals surface area contributed by atoms with E-state index >= 15 is 0 Å². The van der Waals surface area contributed by atoms with Crippen molar-refractivity contribution in [1.29, 1.82) is 0 Å². The molecule has 1 aromatic carbocycles. The predicted molar refractivity (Wildman–Crippen MR) is 81.7 cm³/mol. The second-order valence-electron chi connectivity index (χ2n) is 5.42. The van der Waals surface area contributed by atoms with Gasteiger partial charge in [0, 0.05) is 19.6 Å². The van der Waals surface area contributed by atoms with E-state index in [-0.39, 0.29) is 0 Å². The molecule has 1 saturated heterocycles. The lowest BCUT2D eigenvalue weighted by Gasteiger charge is -2.29. The number of rotatable bonds is 5. The van der Waals surface area contributed by atoms with Gasteiger partial charge in [0.05, 0.1) is 5.69 Å². The van der Waals surface area contributed by atoms with Crippen LogP contribution in [0.3, 0.4) is 0 Å². The lowest BCUT2D eigenvalue weighted by molar-refractivity contribution is 0.289. The van der Waals surface area contributed by atoms with Crippen molar-refractivity contribution < 1.29 is 8.42 Å². The molecular formula is C14H23N3O2S. The molecule has 1 aromatic rings. The monoisotopic (exact) mass is 297 g/mol. The van der Waals surface area contributed by atoms with Crippen LogP contribution in [-0.2, 0) is 16.8 Å². The average molecular weight is 297 g/mol. The van der Waals surface area contributed by atoms with Gasteiger partial charge in [-0.3, -0.25) is 4.72 Å². The first-order chi connectivity index (χ1) is 9.51. The van der Waals surface area contributed by atoms with E-state index < -0.39 is 10.2 Å². The van der Waals surface area contributed by atoms with Crippen LogP contribution in [0.1, 0.15) is 25.3 Å². The van der Waals surface area contributed by atoms with Crippen molar-refractivity contribution >= 4 is 15.9 Å². The van der Waals surface area contributed by atoms with Gasteiger partial charge in [-0.15, -0.1) is 0 Å². The summed E-state index contributed by atoms with van der Waals surface area (Å²) in [6.45, 7) is 4.09. The summed E-state index contributed by atoms with van der Waals surface area (Å²) >= 11 is 0. The van der Waals surface area contributed by atoms with E-state index in [0.717, 1.165) is 24.9 Å². The van der Waals surface area contributed by atoms with Crippen molar-refractivity contribution in [3.8, 4) is 0 Å². The predicted octanol–water partition coefficient (Wildman–Crippen LogP) is 1.79. The van der Waals surface area contributed by atoms with E-state index in [1.165, 1.54) is 4.31 Å². The minimum absolute atomic E-state index is 0.604. The zero-order valence-electron chi connectivity index (χ0n) is 12.1. The number of hydrogen-bond donors (Lipinski definition) is 2. The second-order valence-corrected chi connectivity index (χ2v) is 7.09. The molecule has 0 aromatic heterocycles. The molecule has 1 aliphatic heterocycles. The number of piperidine rings is 1. The minimum atomic E-state index is -3.43. The smallest absolute Gasteiger partial charge is 0.301 e. The molecule has 0 spiro atoms. The van der Waals surface area contributed by atoms with E-state index in [9.17, 15) is 8.42 Å². The summed E-state index contributed by atoms with van der Waals surface area (Å²) in [4.78, 5) is 0. The van der Waals surface area contributed by atoms with Crippen LogP contribution in [0.15, 0.2) is 24.3 Å². The van der Waals surface area contributed by atoms with E-state index in [2.05, 4.69) is 17.0 Å². The zero-order valence-corrected chi connectivity index (χ0v) is 12.9. The SMILES string of the molecule is CNCc1cccc(NS(=O)(=O)N2CCC(C)CC2)c1. The van der Waals surface area contributed by atoms with Crippen LogP contribution in [0.25, 0.3) is 0 Å². The number of nitrogens with one attached hydrogen (secondary N) is 2. The van der Waals surface area contributed by atoms with E-state index in [4.69, 9.17) is 0 Å². The molecule has 2 N–H and O–H groups in total. The summed E-state index contributed by atoms with van der Waals surface area (Å²) < 4.78 is 28.9. The van der Waals surface area contributed by atoms with Crippen LogP contribution in [0.5, 0.6) is 0 Å². The first kappa shape index (κ1) is 15.3. The average Bonchev–Trinajstić information content (AvgIpc) is 2.39. The maximum Gasteiger partial charge on any atom is 0.301 e. The molecule has 20 heavy (non-hydrogen) atoms. The van der Waals surface area contributed by atoms with Gasteiger partial charge in [-0.1, -0.05) is 19.1 Å². The third kappa shape index (κ3) is 3.94. The topological polar surface area (TPSA) is 61.4 Å². The maximum absolute atomic E-state index is 12.3. The van der Waals surface area contributed by atoms with Gasteiger partial charge < -0.3 is 5.32 Å². The summed E-state index contributed by atoms with van der Waals surface area (Å²) in [6.07, 6.45) is 1.86. The highest BCUT2D eigenvalue weighted by molar-refractivity contribution is 7.90. The normalized spacial score (nSPS) is 18.1. The first-order valence-electron chi connectivity index (χ1n) is 7.02. The van der Waals surface area contributed by atoms with Crippen molar-refractivity contribution in [3.05, 3.63) is 29.8 Å². The van der Waals surface area contributed by atoms with Gasteiger partial charge in [0.25, 0.3) is 0 Å². The lowest BCUT2D eigenvalue weighted by atomic mass is 10.0. The standard InChI is InChI=1S/C14H23N3O2S/c1-12-6-8-17(9-7-12)20(18,19)16-14-5-3-4-13(10-14)11-15-2/h3-5,10,12,15-16H,6-9,11H2,1-2H3. The highest BCUT2D eigenvalue weighted by Gasteiger charge is 2.26. The molecule has 0 amide bonds. The Morgan fingerprint density at radius 1 is 1.30 bits per heavy atom. The minimum Gasteiger partial charge on any atom is -0.316 e. The molecule has 1 fully saturated rings. The van der Waals surface area contributed by atoms with E-state index in [1.54, 1.807) is 6.07 Å². The van der Waals surface area contributed by atoms with Crippen molar-refractivity contribution in [2.45, 2.75) is 26.3 Å². The van der Waals surface area contributed by atoms with Crippen LogP contribution < -0.4 is 10.0 Å². The summed E-state index contributed by atoms with van der Waals surface area (Å²) in [7, 11) is -1.56. The van der Waals surface area contributed by atoms with Gasteiger partial charge in [0.1, 0.15) is 0 Å². The summed E-state index contributed by atoms with van der Waals surface area (Å²) in [5.41, 5.74) is 1.68. The maximum atomic E-state index is 12.3. The van der Waals surface area contributed by atoms with Crippen molar-refractivity contribution in [3.63, 3.8) is 0 Å². The summed E-state index contributed by atoms with van der Waals surface area (Å²) in [5, 5.41) is 3.05. The lowest BCUT2D eigenvalue weighted by Crippen LogP contribution is -2.41. The van der Waals surface area contributed by atoms with Crippen LogP contribution >= 0.6 is 0 Å². The van der Waals surface area contributed by atoms with Gasteiger partial charge in [0.2, 0.25) is 0 Å². The van der Waals surface area contributed by atoms with Gasteiger partial charge in [-0.25, -0.2) is 0 Å². The van der Waals surface area contributed by atoms with Gasteiger partial charge >= 0.3 is 10.2 Å². The largest absolute Gasteiger partial charge is 0.316 e. The van der Waals surface area contributed by atoms with Gasteiger partial charge in [-0.05, 0) is 43.5 Å². The molecule has 0 aliphatic carbocycles. The van der Waals surface area contributed by atoms with Gasteiger partial charge in [-0.2, -0.15) is 12.7 Å². The fourth-order valence-corrected chi connectivity index (χ4v) is 3.63. The van der Waals surface area contributed by atoms with Crippen LogP contribution in [0, 0.1) is 5.92 Å². The Hall–Kier alpha value is -1.11. The Morgan fingerprint density at radius 3 is 2.65 bits per heavy atom. The first-order valence-corrected chi connectivity index (χ1v) is 8.46. The number of benzene rings is 1. The van der Waals surface area contributed by atoms with Gasteiger partial charge in [0.15, 0.2) is 0 Å². The molecule has 0 radical (unpaired) electrons. The highest BCUT2D eigenvalue weighted by atomic mass is 32.2.